The number of amides is 2. The van der Waals surface area contributed by atoms with Gasteiger partial charge in [0.1, 0.15) is 0 Å². The van der Waals surface area contributed by atoms with Crippen LogP contribution in [0.2, 0.25) is 0 Å². The van der Waals surface area contributed by atoms with E-state index >= 15 is 0 Å². The first-order valence-electron chi connectivity index (χ1n) is 11.1. The Morgan fingerprint density at radius 2 is 1.85 bits per heavy atom. The van der Waals surface area contributed by atoms with E-state index in [1.54, 1.807) is 24.1 Å². The number of hydrogen-bond donors (Lipinski definition) is 1. The second-order valence-electron chi connectivity index (χ2n) is 8.15. The van der Waals surface area contributed by atoms with Crippen molar-refractivity contribution in [1.82, 2.24) is 10.2 Å². The fourth-order valence-corrected chi connectivity index (χ4v) is 4.46. The molecule has 0 aromatic heterocycles. The lowest BCUT2D eigenvalue weighted by Crippen LogP contribution is -2.36. The van der Waals surface area contributed by atoms with Crippen molar-refractivity contribution in [3.05, 3.63) is 34.4 Å². The summed E-state index contributed by atoms with van der Waals surface area (Å²) in [6.45, 7) is 1.71. The molecule has 1 N–H and O–H groups in total. The molecule has 180 valence electrons. The van der Waals surface area contributed by atoms with Gasteiger partial charge in [-0.15, -0.1) is 0 Å². The molecule has 0 saturated carbocycles. The second kappa shape index (κ2) is 8.85. The van der Waals surface area contributed by atoms with Crippen LogP contribution in [0.25, 0.3) is 0 Å². The average molecular weight is 470 g/mol. The maximum atomic E-state index is 13.1. The van der Waals surface area contributed by atoms with Gasteiger partial charge in [0, 0.05) is 37.7 Å². The number of benzene rings is 2. The monoisotopic (exact) mass is 470 g/mol. The van der Waals surface area contributed by atoms with Crippen LogP contribution in [-0.2, 0) is 13.0 Å². The van der Waals surface area contributed by atoms with Crippen molar-refractivity contribution in [2.45, 2.75) is 19.4 Å². The van der Waals surface area contributed by atoms with Gasteiger partial charge in [0.25, 0.3) is 11.8 Å². The Hall–Kier alpha value is -3.82. The minimum Gasteiger partial charge on any atom is -0.493 e. The van der Waals surface area contributed by atoms with Crippen LogP contribution in [0.5, 0.6) is 34.5 Å². The standard InChI is InChI=1S/C24H26N2O8/c1-26-6-5-14-15(19-22(34-12-33-19)21(30-3)18(14)24(26)28)11-25-23(27)13-9-16(29-2)20-17(10-13)31-7-4-8-32-20/h9-10H,4-8,11-12H2,1-3H3,(H,25,27). The third-order valence-electron chi connectivity index (χ3n) is 6.17. The van der Waals surface area contributed by atoms with E-state index in [1.165, 1.54) is 14.2 Å². The first-order chi connectivity index (χ1) is 16.5. The molecule has 2 amide bonds. The highest BCUT2D eigenvalue weighted by Crippen LogP contribution is 2.49. The molecule has 3 aliphatic rings. The lowest BCUT2D eigenvalue weighted by Gasteiger charge is -2.29. The van der Waals surface area contributed by atoms with Crippen LogP contribution >= 0.6 is 0 Å². The van der Waals surface area contributed by atoms with Crippen molar-refractivity contribution >= 4 is 11.8 Å². The summed E-state index contributed by atoms with van der Waals surface area (Å²) in [5, 5.41) is 2.94. The maximum Gasteiger partial charge on any atom is 0.257 e. The van der Waals surface area contributed by atoms with E-state index in [2.05, 4.69) is 5.32 Å². The van der Waals surface area contributed by atoms with Gasteiger partial charge in [0.05, 0.1) is 33.0 Å². The zero-order valence-corrected chi connectivity index (χ0v) is 19.3. The van der Waals surface area contributed by atoms with Gasteiger partial charge < -0.3 is 38.6 Å². The van der Waals surface area contributed by atoms with E-state index in [0.29, 0.717) is 77.4 Å². The summed E-state index contributed by atoms with van der Waals surface area (Å²) < 4.78 is 33.8. The Bertz CT molecular complexity index is 1160. The molecule has 0 atom stereocenters. The van der Waals surface area contributed by atoms with Gasteiger partial charge in [0.15, 0.2) is 23.0 Å². The second-order valence-corrected chi connectivity index (χ2v) is 8.15. The van der Waals surface area contributed by atoms with Crippen LogP contribution in [0.15, 0.2) is 12.1 Å². The zero-order chi connectivity index (χ0) is 23.8. The third kappa shape index (κ3) is 3.59. The Morgan fingerprint density at radius 3 is 2.65 bits per heavy atom. The third-order valence-corrected chi connectivity index (χ3v) is 6.17. The summed E-state index contributed by atoms with van der Waals surface area (Å²) in [6.07, 6.45) is 1.34. The van der Waals surface area contributed by atoms with Crippen molar-refractivity contribution in [3.8, 4) is 34.5 Å². The Morgan fingerprint density at radius 1 is 1.06 bits per heavy atom. The number of rotatable bonds is 5. The summed E-state index contributed by atoms with van der Waals surface area (Å²) in [5.74, 6) is 2.14. The molecular weight excluding hydrogens is 444 g/mol. The summed E-state index contributed by atoms with van der Waals surface area (Å²) in [5.41, 5.74) is 2.32. The summed E-state index contributed by atoms with van der Waals surface area (Å²) in [7, 11) is 4.76. The van der Waals surface area contributed by atoms with E-state index in [9.17, 15) is 9.59 Å². The molecule has 0 spiro atoms. The molecule has 2 aromatic rings. The number of fused-ring (bicyclic) bond motifs is 3. The van der Waals surface area contributed by atoms with Gasteiger partial charge >= 0.3 is 0 Å². The quantitative estimate of drug-likeness (QED) is 0.709. The smallest absolute Gasteiger partial charge is 0.257 e. The highest BCUT2D eigenvalue weighted by atomic mass is 16.7. The fraction of sp³-hybridized carbons (Fsp3) is 0.417. The van der Waals surface area contributed by atoms with E-state index in [4.69, 9.17) is 28.4 Å². The van der Waals surface area contributed by atoms with Crippen LogP contribution in [0.4, 0.5) is 0 Å². The number of ether oxygens (including phenoxy) is 6. The van der Waals surface area contributed by atoms with Crippen LogP contribution in [0, 0.1) is 0 Å². The van der Waals surface area contributed by atoms with E-state index in [-0.39, 0.29) is 25.2 Å². The molecule has 2 aromatic carbocycles. The molecule has 0 fully saturated rings. The van der Waals surface area contributed by atoms with E-state index in [1.807, 2.05) is 0 Å². The minimum atomic E-state index is -0.328. The number of methoxy groups -OCH3 is 2. The Kier molecular flexibility index (Phi) is 5.72. The first-order valence-corrected chi connectivity index (χ1v) is 11.1. The number of nitrogens with zero attached hydrogens (tertiary/aromatic N) is 1. The molecule has 0 aliphatic carbocycles. The maximum absolute atomic E-state index is 13.1. The predicted octanol–water partition coefficient (Wildman–Crippen LogP) is 2.15. The zero-order valence-electron chi connectivity index (χ0n) is 19.3. The van der Waals surface area contributed by atoms with Gasteiger partial charge in [-0.25, -0.2) is 0 Å². The molecule has 10 nitrogen and oxygen atoms in total. The SMILES string of the molecule is COc1cc(C(=O)NCc2c3c(c(OC)c4c2OCO4)C(=O)N(C)CC3)cc2c1OCCCO2. The molecule has 0 radical (unpaired) electrons. The summed E-state index contributed by atoms with van der Waals surface area (Å²) >= 11 is 0. The van der Waals surface area contributed by atoms with Gasteiger partial charge in [-0.1, -0.05) is 0 Å². The van der Waals surface area contributed by atoms with Gasteiger partial charge in [-0.3, -0.25) is 9.59 Å². The van der Waals surface area contributed by atoms with E-state index < -0.39 is 0 Å². The van der Waals surface area contributed by atoms with Crippen molar-refractivity contribution in [3.63, 3.8) is 0 Å². The number of nitrogens with one attached hydrogen (secondary N) is 1. The summed E-state index contributed by atoms with van der Waals surface area (Å²) in [6, 6.07) is 3.26. The Balaban J connectivity index is 1.47. The van der Waals surface area contributed by atoms with Crippen LogP contribution in [-0.4, -0.2) is 64.5 Å². The highest BCUT2D eigenvalue weighted by molar-refractivity contribution is 6.01. The molecule has 0 bridgehead atoms. The molecule has 34 heavy (non-hydrogen) atoms. The topological polar surface area (TPSA) is 105 Å². The predicted molar refractivity (Wildman–Crippen MR) is 120 cm³/mol. The number of carbonyl (C=O) groups is 2. The molecule has 0 saturated heterocycles. The van der Waals surface area contributed by atoms with E-state index in [0.717, 1.165) is 12.0 Å². The minimum absolute atomic E-state index is 0.0128. The number of hydrogen-bond acceptors (Lipinski definition) is 8. The van der Waals surface area contributed by atoms with Gasteiger partial charge in [0.2, 0.25) is 18.3 Å². The number of likely N-dealkylation sites (N-methyl/N-ethyl adjacent to an activating group) is 1. The van der Waals surface area contributed by atoms with Crippen LogP contribution in [0.1, 0.15) is 38.3 Å². The molecule has 3 heterocycles. The normalized spacial score (nSPS) is 16.0. The van der Waals surface area contributed by atoms with Gasteiger partial charge in [-0.05, 0) is 24.1 Å². The van der Waals surface area contributed by atoms with Crippen LogP contribution in [0.3, 0.4) is 0 Å². The lowest BCUT2D eigenvalue weighted by atomic mass is 9.91. The molecular formula is C24H26N2O8. The van der Waals surface area contributed by atoms with Gasteiger partial charge in [-0.2, -0.15) is 0 Å². The average Bonchev–Trinajstić information content (AvgIpc) is 3.21. The van der Waals surface area contributed by atoms with Crippen molar-refractivity contribution in [1.29, 1.82) is 0 Å². The van der Waals surface area contributed by atoms with Crippen LogP contribution < -0.4 is 33.7 Å². The highest BCUT2D eigenvalue weighted by Gasteiger charge is 2.36. The molecule has 5 rings (SSSR count). The first kappa shape index (κ1) is 22.0. The number of carbonyl (C=O) groups excluding carboxylic acids is 2. The largest absolute Gasteiger partial charge is 0.493 e. The molecule has 0 unspecified atom stereocenters. The Labute approximate surface area is 196 Å². The fourth-order valence-electron chi connectivity index (χ4n) is 4.46. The lowest BCUT2D eigenvalue weighted by molar-refractivity contribution is 0.0775. The molecule has 3 aliphatic heterocycles. The van der Waals surface area contributed by atoms with Crippen molar-refractivity contribution in [2.75, 3.05) is 47.8 Å². The van der Waals surface area contributed by atoms with Crippen molar-refractivity contribution in [2.24, 2.45) is 0 Å². The summed E-state index contributed by atoms with van der Waals surface area (Å²) in [4.78, 5) is 27.7. The van der Waals surface area contributed by atoms with Crippen molar-refractivity contribution < 1.29 is 38.0 Å². The molecule has 10 heteroatoms.